The van der Waals surface area contributed by atoms with Gasteiger partial charge in [-0.05, 0) is 41.5 Å². The van der Waals surface area contributed by atoms with Crippen LogP contribution in [0.15, 0.2) is 48.5 Å². The van der Waals surface area contributed by atoms with E-state index < -0.39 is 12.1 Å². The van der Waals surface area contributed by atoms with Gasteiger partial charge in [0.2, 0.25) is 5.91 Å². The molecule has 2 amide bonds. The molecule has 1 atom stereocenters. The average molecular weight is 439 g/mol. The molecule has 0 heterocycles. The van der Waals surface area contributed by atoms with Gasteiger partial charge < -0.3 is 20.5 Å². The van der Waals surface area contributed by atoms with Gasteiger partial charge >= 0.3 is 12.1 Å². The first kappa shape index (κ1) is 23.3. The van der Waals surface area contributed by atoms with E-state index >= 15 is 0 Å². The zero-order chi connectivity index (χ0) is 22.9. The number of carboxylic acid groups (broad SMARTS) is 1. The molecule has 0 radical (unpaired) electrons. The lowest BCUT2D eigenvalue weighted by molar-refractivity contribution is -0.137. The predicted octanol–water partition coefficient (Wildman–Crippen LogP) is 4.06. The predicted molar refractivity (Wildman–Crippen MR) is 121 cm³/mol. The van der Waals surface area contributed by atoms with Gasteiger partial charge in [0.1, 0.15) is 6.61 Å². The lowest BCUT2D eigenvalue weighted by Gasteiger charge is -2.18. The number of hydrogen-bond acceptors (Lipinski definition) is 4. The highest BCUT2D eigenvalue weighted by Gasteiger charge is 2.29. The van der Waals surface area contributed by atoms with Crippen molar-refractivity contribution in [3.05, 3.63) is 59.7 Å². The Labute approximate surface area is 188 Å². The van der Waals surface area contributed by atoms with Crippen LogP contribution in [-0.2, 0) is 14.3 Å². The van der Waals surface area contributed by atoms with Crippen LogP contribution in [0.3, 0.4) is 0 Å². The molecule has 0 aliphatic heterocycles. The number of carbonyl (C=O) groups is 3. The van der Waals surface area contributed by atoms with E-state index in [9.17, 15) is 14.4 Å². The molecule has 2 aromatic carbocycles. The number of unbranched alkanes of at least 4 members (excludes halogenated alkanes) is 1. The van der Waals surface area contributed by atoms with E-state index in [-0.39, 0.29) is 37.3 Å². The summed E-state index contributed by atoms with van der Waals surface area (Å²) in [4.78, 5) is 35.0. The van der Waals surface area contributed by atoms with Crippen LogP contribution in [0.25, 0.3) is 11.1 Å². The van der Waals surface area contributed by atoms with Crippen LogP contribution in [0, 0.1) is 0 Å². The van der Waals surface area contributed by atoms with Gasteiger partial charge in [0.05, 0.1) is 0 Å². The van der Waals surface area contributed by atoms with Gasteiger partial charge in [0.25, 0.3) is 0 Å². The molecule has 0 fully saturated rings. The smallest absolute Gasteiger partial charge is 0.407 e. The number of rotatable bonds is 11. The Morgan fingerprint density at radius 1 is 1.00 bits per heavy atom. The topological polar surface area (TPSA) is 105 Å². The summed E-state index contributed by atoms with van der Waals surface area (Å²) in [6, 6.07) is 16.0. The molecule has 0 bridgehead atoms. The third-order valence-electron chi connectivity index (χ3n) is 5.73. The molecule has 1 aliphatic rings. The highest BCUT2D eigenvalue weighted by Crippen LogP contribution is 2.44. The van der Waals surface area contributed by atoms with Gasteiger partial charge in [0.15, 0.2) is 0 Å². The summed E-state index contributed by atoms with van der Waals surface area (Å²) in [5.41, 5.74) is 4.64. The van der Waals surface area contributed by atoms with E-state index in [2.05, 4.69) is 34.9 Å². The number of carbonyl (C=O) groups excluding carboxylic acids is 2. The van der Waals surface area contributed by atoms with E-state index in [1.807, 2.05) is 31.2 Å². The Balaban J connectivity index is 1.47. The lowest BCUT2D eigenvalue weighted by Crippen LogP contribution is -2.39. The second-order valence-corrected chi connectivity index (χ2v) is 7.98. The molecule has 7 heteroatoms. The summed E-state index contributed by atoms with van der Waals surface area (Å²) in [5, 5.41) is 14.2. The third kappa shape index (κ3) is 6.09. The first-order valence-electron chi connectivity index (χ1n) is 11.1. The number of benzene rings is 2. The maximum Gasteiger partial charge on any atom is 0.407 e. The van der Waals surface area contributed by atoms with Crippen molar-refractivity contribution in [2.45, 2.75) is 51.0 Å². The molecule has 170 valence electrons. The van der Waals surface area contributed by atoms with Crippen molar-refractivity contribution in [1.82, 2.24) is 10.6 Å². The standard InChI is InChI=1S/C25H30N2O5/c1-2-17(15-23(28)26-14-8-7-13-24(29)30)27-25(31)32-16-22-20-11-5-3-9-18(20)19-10-4-6-12-21(19)22/h3-6,9-12,17,22H,2,7-8,13-16H2,1H3,(H,26,28)(H,27,31)(H,29,30)/t17-/m1/s1. The van der Waals surface area contributed by atoms with Crippen molar-refractivity contribution in [3.63, 3.8) is 0 Å². The molecule has 0 saturated carbocycles. The molecular weight excluding hydrogens is 408 g/mol. The van der Waals surface area contributed by atoms with Crippen LogP contribution in [0.1, 0.15) is 56.1 Å². The van der Waals surface area contributed by atoms with Crippen molar-refractivity contribution in [2.24, 2.45) is 0 Å². The molecule has 3 rings (SSSR count). The highest BCUT2D eigenvalue weighted by atomic mass is 16.5. The van der Waals surface area contributed by atoms with E-state index in [1.54, 1.807) is 0 Å². The Bertz CT molecular complexity index is 913. The summed E-state index contributed by atoms with van der Waals surface area (Å²) >= 11 is 0. The molecule has 0 saturated heterocycles. The summed E-state index contributed by atoms with van der Waals surface area (Å²) < 4.78 is 5.55. The van der Waals surface area contributed by atoms with Crippen LogP contribution in [0.5, 0.6) is 0 Å². The van der Waals surface area contributed by atoms with Gasteiger partial charge in [-0.25, -0.2) is 4.79 Å². The fourth-order valence-corrected chi connectivity index (χ4v) is 4.03. The quantitative estimate of drug-likeness (QED) is 0.459. The van der Waals surface area contributed by atoms with Crippen LogP contribution < -0.4 is 10.6 Å². The fraction of sp³-hybridized carbons (Fsp3) is 0.400. The number of ether oxygens (including phenoxy) is 1. The molecule has 0 aromatic heterocycles. The molecule has 0 unspecified atom stereocenters. The molecule has 32 heavy (non-hydrogen) atoms. The van der Waals surface area contributed by atoms with Gasteiger partial charge in [0, 0.05) is 31.3 Å². The van der Waals surface area contributed by atoms with E-state index in [0.29, 0.717) is 25.8 Å². The number of carboxylic acids is 1. The fourth-order valence-electron chi connectivity index (χ4n) is 4.03. The summed E-state index contributed by atoms with van der Waals surface area (Å²) in [6.07, 6.45) is 1.43. The molecule has 2 aromatic rings. The van der Waals surface area contributed by atoms with Gasteiger partial charge in [-0.1, -0.05) is 55.5 Å². The number of fused-ring (bicyclic) bond motifs is 3. The molecule has 3 N–H and O–H groups in total. The van der Waals surface area contributed by atoms with E-state index in [0.717, 1.165) is 11.1 Å². The number of hydrogen-bond donors (Lipinski definition) is 3. The van der Waals surface area contributed by atoms with Crippen LogP contribution >= 0.6 is 0 Å². The SMILES string of the molecule is CC[C@H](CC(=O)NCCCCC(=O)O)NC(=O)OCC1c2ccccc2-c2ccccc21. The normalized spacial score (nSPS) is 13.0. The Kier molecular flexibility index (Phi) is 8.25. The number of alkyl carbamates (subject to hydrolysis) is 1. The summed E-state index contributed by atoms with van der Waals surface area (Å²) in [6.45, 7) is 2.55. The first-order valence-corrected chi connectivity index (χ1v) is 11.1. The second kappa shape index (κ2) is 11.3. The highest BCUT2D eigenvalue weighted by molar-refractivity contribution is 5.79. The van der Waals surface area contributed by atoms with Crippen molar-refractivity contribution in [2.75, 3.05) is 13.2 Å². The minimum Gasteiger partial charge on any atom is -0.481 e. The van der Waals surface area contributed by atoms with E-state index in [4.69, 9.17) is 9.84 Å². The number of aliphatic carboxylic acids is 1. The van der Waals surface area contributed by atoms with Crippen LogP contribution in [-0.4, -0.2) is 42.3 Å². The molecule has 1 aliphatic carbocycles. The Hall–Kier alpha value is -3.35. The average Bonchev–Trinajstić information content (AvgIpc) is 3.10. The summed E-state index contributed by atoms with van der Waals surface area (Å²) in [5.74, 6) is -1.02. The minimum absolute atomic E-state index is 0.0117. The largest absolute Gasteiger partial charge is 0.481 e. The third-order valence-corrected chi connectivity index (χ3v) is 5.73. The molecule has 0 spiro atoms. The van der Waals surface area contributed by atoms with E-state index in [1.165, 1.54) is 11.1 Å². The zero-order valence-electron chi connectivity index (χ0n) is 18.3. The Morgan fingerprint density at radius 2 is 1.62 bits per heavy atom. The Morgan fingerprint density at radius 3 is 2.22 bits per heavy atom. The van der Waals surface area contributed by atoms with Gasteiger partial charge in [-0.2, -0.15) is 0 Å². The monoisotopic (exact) mass is 438 g/mol. The number of nitrogens with one attached hydrogen (secondary N) is 2. The van der Waals surface area contributed by atoms with Crippen molar-refractivity contribution < 1.29 is 24.2 Å². The maximum absolute atomic E-state index is 12.4. The summed E-state index contributed by atoms with van der Waals surface area (Å²) in [7, 11) is 0. The van der Waals surface area contributed by atoms with Gasteiger partial charge in [-0.3, -0.25) is 9.59 Å². The van der Waals surface area contributed by atoms with Crippen molar-refractivity contribution in [3.8, 4) is 11.1 Å². The first-order chi connectivity index (χ1) is 15.5. The maximum atomic E-state index is 12.4. The second-order valence-electron chi connectivity index (χ2n) is 7.98. The van der Waals surface area contributed by atoms with Crippen molar-refractivity contribution >= 4 is 18.0 Å². The van der Waals surface area contributed by atoms with Crippen molar-refractivity contribution in [1.29, 1.82) is 0 Å². The minimum atomic E-state index is -0.838. The molecule has 7 nitrogen and oxygen atoms in total. The molecular formula is C25H30N2O5. The van der Waals surface area contributed by atoms with Crippen LogP contribution in [0.4, 0.5) is 4.79 Å². The van der Waals surface area contributed by atoms with Gasteiger partial charge in [-0.15, -0.1) is 0 Å². The number of amides is 2. The lowest BCUT2D eigenvalue weighted by atomic mass is 9.98. The van der Waals surface area contributed by atoms with Crippen LogP contribution in [0.2, 0.25) is 0 Å². The zero-order valence-corrected chi connectivity index (χ0v) is 18.3.